The number of thioether (sulfide) groups is 1. The summed E-state index contributed by atoms with van der Waals surface area (Å²) in [6, 6.07) is 15.7. The van der Waals surface area contributed by atoms with Crippen LogP contribution in [0.4, 0.5) is 0 Å². The first kappa shape index (κ1) is 16.7. The van der Waals surface area contributed by atoms with Gasteiger partial charge in [0.15, 0.2) is 11.5 Å². The number of amides is 1. The molecule has 4 rings (SSSR count). The van der Waals surface area contributed by atoms with E-state index in [-0.39, 0.29) is 12.7 Å². The average Bonchev–Trinajstić information content (AvgIpc) is 3.12. The molecular formula is C20H18N2O3S. The number of ether oxygens (including phenoxy) is 2. The quantitative estimate of drug-likeness (QED) is 0.698. The number of pyridine rings is 1. The molecule has 0 bridgehead atoms. The Morgan fingerprint density at radius 3 is 2.92 bits per heavy atom. The van der Waals surface area contributed by atoms with Crippen LogP contribution in [0.15, 0.2) is 53.6 Å². The molecule has 6 heteroatoms. The van der Waals surface area contributed by atoms with E-state index in [4.69, 9.17) is 9.47 Å². The van der Waals surface area contributed by atoms with Crippen molar-refractivity contribution >= 4 is 28.6 Å². The number of nitrogens with one attached hydrogen (secondary N) is 1. The molecule has 0 saturated heterocycles. The van der Waals surface area contributed by atoms with Gasteiger partial charge >= 0.3 is 0 Å². The van der Waals surface area contributed by atoms with E-state index in [0.717, 1.165) is 33.0 Å². The molecule has 26 heavy (non-hydrogen) atoms. The molecule has 1 aliphatic heterocycles. The third kappa shape index (κ3) is 3.60. The van der Waals surface area contributed by atoms with Crippen LogP contribution in [-0.4, -0.2) is 23.4 Å². The number of hydrogen-bond donors (Lipinski definition) is 1. The number of aryl methyl sites for hydroxylation is 1. The number of fused-ring (bicyclic) bond motifs is 2. The molecular weight excluding hydrogens is 348 g/mol. The van der Waals surface area contributed by atoms with Gasteiger partial charge < -0.3 is 14.8 Å². The molecule has 2 aromatic carbocycles. The van der Waals surface area contributed by atoms with Crippen molar-refractivity contribution in [3.05, 3.63) is 59.7 Å². The fourth-order valence-corrected chi connectivity index (χ4v) is 3.64. The number of carbonyl (C=O) groups excluding carboxylic acids is 1. The first-order chi connectivity index (χ1) is 12.7. The average molecular weight is 366 g/mol. The van der Waals surface area contributed by atoms with Gasteiger partial charge in [0.25, 0.3) is 0 Å². The second kappa shape index (κ2) is 7.25. The van der Waals surface area contributed by atoms with E-state index in [2.05, 4.69) is 23.3 Å². The Morgan fingerprint density at radius 2 is 2.00 bits per heavy atom. The lowest BCUT2D eigenvalue weighted by Gasteiger charge is -2.08. The lowest BCUT2D eigenvalue weighted by molar-refractivity contribution is -0.118. The third-order valence-corrected chi connectivity index (χ3v) is 5.09. The largest absolute Gasteiger partial charge is 0.454 e. The standard InChI is InChI=1S/C20H18N2O3S/c1-13-8-20(22-16-5-3-2-4-15(13)16)26-11-19(23)21-10-14-6-7-17-18(9-14)25-12-24-17/h2-9H,10-12H2,1H3,(H,21,23). The fourth-order valence-electron chi connectivity index (χ4n) is 2.83. The maximum absolute atomic E-state index is 12.2. The molecule has 0 atom stereocenters. The van der Waals surface area contributed by atoms with Gasteiger partial charge in [-0.05, 0) is 42.3 Å². The predicted octanol–water partition coefficient (Wildman–Crippen LogP) is 3.68. The molecule has 0 unspecified atom stereocenters. The minimum Gasteiger partial charge on any atom is -0.454 e. The Kier molecular flexibility index (Phi) is 4.67. The fraction of sp³-hybridized carbons (Fsp3) is 0.200. The SMILES string of the molecule is Cc1cc(SCC(=O)NCc2ccc3c(c2)OCO3)nc2ccccc12. The van der Waals surface area contributed by atoms with Crippen LogP contribution >= 0.6 is 11.8 Å². The summed E-state index contributed by atoms with van der Waals surface area (Å²) in [5.74, 6) is 1.77. The Hall–Kier alpha value is -2.73. The van der Waals surface area contributed by atoms with Crippen LogP contribution in [0, 0.1) is 6.92 Å². The molecule has 1 aliphatic rings. The minimum absolute atomic E-state index is 0.0275. The Labute approximate surface area is 155 Å². The van der Waals surface area contributed by atoms with E-state index < -0.39 is 0 Å². The van der Waals surface area contributed by atoms with E-state index in [1.54, 1.807) is 0 Å². The summed E-state index contributed by atoms with van der Waals surface area (Å²) in [5.41, 5.74) is 3.10. The monoisotopic (exact) mass is 366 g/mol. The molecule has 0 radical (unpaired) electrons. The second-order valence-electron chi connectivity index (χ2n) is 6.05. The summed E-state index contributed by atoms with van der Waals surface area (Å²) in [4.78, 5) is 16.8. The second-order valence-corrected chi connectivity index (χ2v) is 7.04. The molecule has 3 aromatic rings. The highest BCUT2D eigenvalue weighted by Gasteiger charge is 2.13. The van der Waals surface area contributed by atoms with Crippen LogP contribution in [0.5, 0.6) is 11.5 Å². The van der Waals surface area contributed by atoms with Crippen molar-refractivity contribution in [1.29, 1.82) is 0 Å². The van der Waals surface area contributed by atoms with Crippen molar-refractivity contribution in [2.75, 3.05) is 12.5 Å². The Morgan fingerprint density at radius 1 is 1.15 bits per heavy atom. The van der Waals surface area contributed by atoms with E-state index >= 15 is 0 Å². The molecule has 0 spiro atoms. The number of aromatic nitrogens is 1. The zero-order valence-electron chi connectivity index (χ0n) is 14.3. The highest BCUT2D eigenvalue weighted by Crippen LogP contribution is 2.32. The number of hydrogen-bond acceptors (Lipinski definition) is 5. The van der Waals surface area contributed by atoms with Crippen molar-refractivity contribution in [3.63, 3.8) is 0 Å². The first-order valence-electron chi connectivity index (χ1n) is 8.33. The summed E-state index contributed by atoms with van der Waals surface area (Å²) >= 11 is 1.44. The maximum Gasteiger partial charge on any atom is 0.231 e. The lowest BCUT2D eigenvalue weighted by Crippen LogP contribution is -2.24. The lowest BCUT2D eigenvalue weighted by atomic mass is 10.1. The van der Waals surface area contributed by atoms with Crippen molar-refractivity contribution in [2.24, 2.45) is 0 Å². The van der Waals surface area contributed by atoms with Gasteiger partial charge in [-0.3, -0.25) is 4.79 Å². The Bertz CT molecular complexity index is 974. The van der Waals surface area contributed by atoms with Crippen LogP contribution in [0.25, 0.3) is 10.9 Å². The van der Waals surface area contributed by atoms with Gasteiger partial charge in [-0.1, -0.05) is 36.0 Å². The van der Waals surface area contributed by atoms with Gasteiger partial charge in [0, 0.05) is 11.9 Å². The van der Waals surface area contributed by atoms with Crippen molar-refractivity contribution in [3.8, 4) is 11.5 Å². The topological polar surface area (TPSA) is 60.5 Å². The Balaban J connectivity index is 1.34. The summed E-state index contributed by atoms with van der Waals surface area (Å²) in [5, 5.41) is 4.93. The normalized spacial score (nSPS) is 12.3. The smallest absolute Gasteiger partial charge is 0.231 e. The number of carbonyl (C=O) groups is 1. The van der Waals surface area contributed by atoms with Gasteiger partial charge in [0.2, 0.25) is 12.7 Å². The van der Waals surface area contributed by atoms with E-state index in [9.17, 15) is 4.79 Å². The third-order valence-electron chi connectivity index (χ3n) is 4.18. The van der Waals surface area contributed by atoms with Crippen LogP contribution in [0.3, 0.4) is 0 Å². The zero-order valence-corrected chi connectivity index (χ0v) is 15.1. The number of rotatable bonds is 5. The molecule has 0 saturated carbocycles. The molecule has 2 heterocycles. The number of nitrogens with zero attached hydrogens (tertiary/aromatic N) is 1. The highest BCUT2D eigenvalue weighted by molar-refractivity contribution is 7.99. The van der Waals surface area contributed by atoms with E-state index in [0.29, 0.717) is 12.3 Å². The molecule has 1 amide bonds. The molecule has 1 aromatic heterocycles. The van der Waals surface area contributed by atoms with Gasteiger partial charge in [-0.15, -0.1) is 0 Å². The van der Waals surface area contributed by atoms with Crippen LogP contribution in [-0.2, 0) is 11.3 Å². The number of para-hydroxylation sites is 1. The van der Waals surface area contributed by atoms with E-state index in [1.165, 1.54) is 17.3 Å². The predicted molar refractivity (Wildman–Crippen MR) is 102 cm³/mol. The van der Waals surface area contributed by atoms with E-state index in [1.807, 2.05) is 42.5 Å². The molecule has 1 N–H and O–H groups in total. The van der Waals surface area contributed by atoms with Gasteiger partial charge in [0.05, 0.1) is 16.3 Å². The number of benzene rings is 2. The minimum atomic E-state index is -0.0275. The summed E-state index contributed by atoms with van der Waals surface area (Å²) < 4.78 is 10.6. The van der Waals surface area contributed by atoms with Gasteiger partial charge in [-0.25, -0.2) is 4.98 Å². The van der Waals surface area contributed by atoms with Crippen molar-refractivity contribution < 1.29 is 14.3 Å². The maximum atomic E-state index is 12.2. The van der Waals surface area contributed by atoms with Crippen LogP contribution in [0.1, 0.15) is 11.1 Å². The molecule has 0 fully saturated rings. The summed E-state index contributed by atoms with van der Waals surface area (Å²) in [6.07, 6.45) is 0. The van der Waals surface area contributed by atoms with Crippen molar-refractivity contribution in [1.82, 2.24) is 10.3 Å². The zero-order chi connectivity index (χ0) is 17.9. The first-order valence-corrected chi connectivity index (χ1v) is 9.32. The highest BCUT2D eigenvalue weighted by atomic mass is 32.2. The molecule has 132 valence electrons. The molecule has 5 nitrogen and oxygen atoms in total. The summed E-state index contributed by atoms with van der Waals surface area (Å²) in [6.45, 7) is 2.77. The molecule has 0 aliphatic carbocycles. The summed E-state index contributed by atoms with van der Waals surface area (Å²) in [7, 11) is 0. The van der Waals surface area contributed by atoms with Gasteiger partial charge in [0.1, 0.15) is 0 Å². The van der Waals surface area contributed by atoms with Crippen LogP contribution < -0.4 is 14.8 Å². The van der Waals surface area contributed by atoms with Crippen molar-refractivity contribution in [2.45, 2.75) is 18.5 Å². The van der Waals surface area contributed by atoms with Gasteiger partial charge in [-0.2, -0.15) is 0 Å². The van der Waals surface area contributed by atoms with Crippen LogP contribution in [0.2, 0.25) is 0 Å².